The fraction of sp³-hybridized carbons (Fsp3) is 0.471. The van der Waals surface area contributed by atoms with Gasteiger partial charge in [0.1, 0.15) is 5.75 Å². The third-order valence-electron chi connectivity index (χ3n) is 4.37. The van der Waals surface area contributed by atoms with Crippen molar-refractivity contribution in [1.82, 2.24) is 0 Å². The average Bonchev–Trinajstić information content (AvgIpc) is 2.70. The minimum Gasteiger partial charge on any atom is -0.508 e. The van der Waals surface area contributed by atoms with Gasteiger partial charge in [-0.05, 0) is 55.4 Å². The number of rotatable bonds is 2. The van der Waals surface area contributed by atoms with Gasteiger partial charge in [0.15, 0.2) is 0 Å². The quantitative estimate of drug-likeness (QED) is 0.820. The fourth-order valence-corrected chi connectivity index (χ4v) is 3.44. The summed E-state index contributed by atoms with van der Waals surface area (Å²) in [5.41, 5.74) is 4.60. The summed E-state index contributed by atoms with van der Waals surface area (Å²) in [4.78, 5) is 11.9. The predicted octanol–water partition coefficient (Wildman–Crippen LogP) is 2.35. The molecular weight excluding hydrogens is 268 g/mol. The molecule has 1 aromatic rings. The maximum atomic E-state index is 11.9. The van der Waals surface area contributed by atoms with Crippen LogP contribution in [0, 0.1) is 0 Å². The van der Waals surface area contributed by atoms with Crippen molar-refractivity contribution in [1.29, 1.82) is 0 Å². The molecule has 1 aromatic carbocycles. The molecule has 0 heterocycles. The number of aliphatic hydroxyl groups is 1. The maximum absolute atomic E-state index is 11.9. The Morgan fingerprint density at radius 3 is 2.95 bits per heavy atom. The van der Waals surface area contributed by atoms with E-state index in [2.05, 4.69) is 0 Å². The van der Waals surface area contributed by atoms with E-state index in [9.17, 15) is 15.0 Å². The van der Waals surface area contributed by atoms with Gasteiger partial charge in [-0.3, -0.25) is 0 Å². The number of carbonyl (C=O) groups is 1. The van der Waals surface area contributed by atoms with Crippen LogP contribution in [-0.4, -0.2) is 22.8 Å². The van der Waals surface area contributed by atoms with Gasteiger partial charge >= 0.3 is 5.97 Å². The van der Waals surface area contributed by atoms with E-state index in [1.807, 2.05) is 6.08 Å². The summed E-state index contributed by atoms with van der Waals surface area (Å²) < 4.78 is 5.08. The molecule has 0 radical (unpaired) electrons. The molecule has 0 spiro atoms. The second-order valence-corrected chi connectivity index (χ2v) is 5.65. The van der Waals surface area contributed by atoms with Gasteiger partial charge in [-0.25, -0.2) is 4.79 Å². The molecular formula is C17H20O4. The Hall–Kier alpha value is -1.81. The lowest BCUT2D eigenvalue weighted by atomic mass is 9.92. The number of phenolic OH excluding ortho intramolecular Hbond substituents is 1. The van der Waals surface area contributed by atoms with Crippen LogP contribution in [0.1, 0.15) is 48.1 Å². The van der Waals surface area contributed by atoms with Crippen molar-refractivity contribution in [3.05, 3.63) is 40.0 Å². The molecule has 0 bridgehead atoms. The molecule has 1 unspecified atom stereocenters. The number of benzene rings is 1. The molecule has 2 N–H and O–H groups in total. The summed E-state index contributed by atoms with van der Waals surface area (Å²) in [6.07, 6.45) is 4.95. The van der Waals surface area contributed by atoms with E-state index in [0.717, 1.165) is 30.4 Å². The monoisotopic (exact) mass is 288 g/mol. The highest BCUT2D eigenvalue weighted by Crippen LogP contribution is 2.42. The first kappa shape index (κ1) is 14.1. The number of phenols is 1. The van der Waals surface area contributed by atoms with Crippen molar-refractivity contribution < 1.29 is 19.7 Å². The molecule has 0 fully saturated rings. The average molecular weight is 288 g/mol. The van der Waals surface area contributed by atoms with E-state index in [1.54, 1.807) is 13.0 Å². The Labute approximate surface area is 124 Å². The van der Waals surface area contributed by atoms with Crippen LogP contribution < -0.4 is 0 Å². The van der Waals surface area contributed by atoms with Gasteiger partial charge in [0.2, 0.25) is 0 Å². The molecule has 2 aliphatic carbocycles. The van der Waals surface area contributed by atoms with Gasteiger partial charge in [0.05, 0.1) is 12.7 Å². The molecule has 0 saturated heterocycles. The first-order chi connectivity index (χ1) is 10.1. The van der Waals surface area contributed by atoms with Crippen LogP contribution in [0.4, 0.5) is 0 Å². The number of aromatic hydroxyl groups is 1. The maximum Gasteiger partial charge on any atom is 0.334 e. The summed E-state index contributed by atoms with van der Waals surface area (Å²) in [5, 5.41) is 20.2. The smallest absolute Gasteiger partial charge is 0.334 e. The second-order valence-electron chi connectivity index (χ2n) is 5.65. The van der Waals surface area contributed by atoms with Crippen molar-refractivity contribution in [2.45, 2.75) is 45.1 Å². The normalized spacial score (nSPS) is 20.3. The number of hydrogen-bond donors (Lipinski definition) is 2. The molecule has 4 heteroatoms. The molecule has 0 aromatic heterocycles. The Morgan fingerprint density at radius 2 is 2.19 bits per heavy atom. The molecule has 0 saturated carbocycles. The van der Waals surface area contributed by atoms with Gasteiger partial charge in [0.25, 0.3) is 0 Å². The van der Waals surface area contributed by atoms with E-state index in [1.165, 1.54) is 5.56 Å². The molecule has 4 nitrogen and oxygen atoms in total. The lowest BCUT2D eigenvalue weighted by Crippen LogP contribution is -2.10. The highest BCUT2D eigenvalue weighted by atomic mass is 16.5. The number of carbonyl (C=O) groups excluding carboxylic acids is 1. The summed E-state index contributed by atoms with van der Waals surface area (Å²) >= 11 is 0. The SMILES string of the molecule is CCOC(=O)C1=CCCc2c(cc(O)c3c2CCC3O)C1. The Kier molecular flexibility index (Phi) is 3.72. The van der Waals surface area contributed by atoms with Crippen LogP contribution in [0.25, 0.3) is 0 Å². The number of fused-ring (bicyclic) bond motifs is 3. The van der Waals surface area contributed by atoms with Crippen LogP contribution in [0.5, 0.6) is 5.75 Å². The van der Waals surface area contributed by atoms with Crippen LogP contribution in [0.15, 0.2) is 17.7 Å². The van der Waals surface area contributed by atoms with E-state index < -0.39 is 6.10 Å². The number of ether oxygens (including phenoxy) is 1. The van der Waals surface area contributed by atoms with Crippen LogP contribution in [-0.2, 0) is 28.8 Å². The van der Waals surface area contributed by atoms with Gasteiger partial charge in [-0.1, -0.05) is 6.08 Å². The molecule has 3 rings (SSSR count). The standard InChI is InChI=1S/C17H20O4/c1-2-21-17(20)10-4-3-5-12-11(8-10)9-15(19)16-13(12)6-7-14(16)18/h4,9,14,18-19H,2-3,5-8H2,1H3. The zero-order valence-electron chi connectivity index (χ0n) is 12.2. The highest BCUT2D eigenvalue weighted by molar-refractivity contribution is 5.89. The number of aliphatic hydroxyl groups excluding tert-OH is 1. The topological polar surface area (TPSA) is 66.8 Å². The molecule has 1 atom stereocenters. The Balaban J connectivity index is 1.99. The molecule has 21 heavy (non-hydrogen) atoms. The number of hydrogen-bond acceptors (Lipinski definition) is 4. The van der Waals surface area contributed by atoms with Crippen molar-refractivity contribution in [3.8, 4) is 5.75 Å². The molecule has 112 valence electrons. The summed E-state index contributed by atoms with van der Waals surface area (Å²) in [5.74, 6) is -0.121. The van der Waals surface area contributed by atoms with E-state index in [0.29, 0.717) is 30.6 Å². The van der Waals surface area contributed by atoms with Crippen molar-refractivity contribution in [2.24, 2.45) is 0 Å². The minimum absolute atomic E-state index is 0.152. The van der Waals surface area contributed by atoms with Gasteiger partial charge in [-0.15, -0.1) is 0 Å². The third kappa shape index (κ3) is 2.44. The van der Waals surface area contributed by atoms with Crippen LogP contribution in [0.2, 0.25) is 0 Å². The first-order valence-corrected chi connectivity index (χ1v) is 7.52. The van der Waals surface area contributed by atoms with Crippen molar-refractivity contribution >= 4 is 5.97 Å². The van der Waals surface area contributed by atoms with Crippen LogP contribution >= 0.6 is 0 Å². The van der Waals surface area contributed by atoms with Crippen molar-refractivity contribution in [2.75, 3.05) is 6.61 Å². The molecule has 2 aliphatic rings. The third-order valence-corrected chi connectivity index (χ3v) is 4.37. The van der Waals surface area contributed by atoms with E-state index >= 15 is 0 Å². The fourth-order valence-electron chi connectivity index (χ4n) is 3.44. The van der Waals surface area contributed by atoms with Gasteiger partial charge < -0.3 is 14.9 Å². The first-order valence-electron chi connectivity index (χ1n) is 7.52. The number of esters is 1. The second kappa shape index (κ2) is 5.53. The lowest BCUT2D eigenvalue weighted by molar-refractivity contribution is -0.138. The Morgan fingerprint density at radius 1 is 1.38 bits per heavy atom. The zero-order valence-corrected chi connectivity index (χ0v) is 12.2. The van der Waals surface area contributed by atoms with E-state index in [4.69, 9.17) is 4.74 Å². The molecule has 0 amide bonds. The van der Waals surface area contributed by atoms with Gasteiger partial charge in [-0.2, -0.15) is 0 Å². The Bertz CT molecular complexity index is 616. The minimum atomic E-state index is -0.564. The summed E-state index contributed by atoms with van der Waals surface area (Å²) in [6.45, 7) is 2.16. The van der Waals surface area contributed by atoms with Crippen molar-refractivity contribution in [3.63, 3.8) is 0 Å². The van der Waals surface area contributed by atoms with Crippen LogP contribution in [0.3, 0.4) is 0 Å². The predicted molar refractivity (Wildman–Crippen MR) is 78.1 cm³/mol. The molecule has 0 aliphatic heterocycles. The van der Waals surface area contributed by atoms with E-state index in [-0.39, 0.29) is 11.7 Å². The van der Waals surface area contributed by atoms with Gasteiger partial charge in [0, 0.05) is 17.6 Å². The number of allylic oxidation sites excluding steroid dienone is 1. The summed E-state index contributed by atoms with van der Waals surface area (Å²) in [6, 6.07) is 1.71. The largest absolute Gasteiger partial charge is 0.508 e. The zero-order chi connectivity index (χ0) is 15.0. The highest BCUT2D eigenvalue weighted by Gasteiger charge is 2.29. The summed E-state index contributed by atoms with van der Waals surface area (Å²) in [7, 11) is 0. The lowest BCUT2D eigenvalue weighted by Gasteiger charge is -2.15.